The summed E-state index contributed by atoms with van der Waals surface area (Å²) in [5, 5.41) is 0. The van der Waals surface area contributed by atoms with Crippen LogP contribution in [0.4, 0.5) is 0 Å². The molecule has 0 aromatic heterocycles. The van der Waals surface area contributed by atoms with E-state index in [1.165, 1.54) is 199 Å². The van der Waals surface area contributed by atoms with Crippen LogP contribution in [0.25, 0.3) is 0 Å². The Hall–Kier alpha value is -1.59. The van der Waals surface area contributed by atoms with Gasteiger partial charge >= 0.3 is 17.9 Å². The number of carbonyl (C=O) groups is 3. The highest BCUT2D eigenvalue weighted by atomic mass is 16.6. The smallest absolute Gasteiger partial charge is 0.306 e. The zero-order valence-electron chi connectivity index (χ0n) is 42.5. The first-order valence-electron chi connectivity index (χ1n) is 27.8. The van der Waals surface area contributed by atoms with Gasteiger partial charge in [0.25, 0.3) is 0 Å². The molecule has 62 heavy (non-hydrogen) atoms. The molecule has 0 aliphatic rings. The van der Waals surface area contributed by atoms with Crippen molar-refractivity contribution < 1.29 is 28.6 Å². The fraction of sp³-hybridized carbons (Fsp3) is 0.946. The summed E-state index contributed by atoms with van der Waals surface area (Å²) in [7, 11) is 0. The second-order valence-corrected chi connectivity index (χ2v) is 19.9. The molecule has 6 nitrogen and oxygen atoms in total. The van der Waals surface area contributed by atoms with Gasteiger partial charge in [-0.25, -0.2) is 0 Å². The van der Waals surface area contributed by atoms with Crippen molar-refractivity contribution in [1.82, 2.24) is 0 Å². The summed E-state index contributed by atoms with van der Waals surface area (Å²) in [5.74, 6) is 0.844. The van der Waals surface area contributed by atoms with Gasteiger partial charge in [0.2, 0.25) is 0 Å². The molecule has 368 valence electrons. The van der Waals surface area contributed by atoms with Crippen molar-refractivity contribution in [2.45, 2.75) is 317 Å². The molecule has 0 fully saturated rings. The van der Waals surface area contributed by atoms with Crippen molar-refractivity contribution in [3.8, 4) is 0 Å². The van der Waals surface area contributed by atoms with Gasteiger partial charge in [0.1, 0.15) is 13.2 Å². The molecule has 0 saturated heterocycles. The Morgan fingerprint density at radius 3 is 0.919 bits per heavy atom. The number of hydrogen-bond acceptors (Lipinski definition) is 6. The molecule has 0 aromatic carbocycles. The highest BCUT2D eigenvalue weighted by Gasteiger charge is 2.19. The Balaban J connectivity index is 4.31. The molecule has 0 aliphatic heterocycles. The molecule has 0 N–H and O–H groups in total. The van der Waals surface area contributed by atoms with Crippen molar-refractivity contribution in [2.24, 2.45) is 11.8 Å². The van der Waals surface area contributed by atoms with E-state index in [1.54, 1.807) is 0 Å². The molecule has 6 heteroatoms. The van der Waals surface area contributed by atoms with Crippen LogP contribution in [0, 0.1) is 11.8 Å². The fourth-order valence-electron chi connectivity index (χ4n) is 8.49. The monoisotopic (exact) mass is 877 g/mol. The third kappa shape index (κ3) is 47.9. The van der Waals surface area contributed by atoms with Gasteiger partial charge in [-0.1, -0.05) is 272 Å². The van der Waals surface area contributed by atoms with Crippen molar-refractivity contribution in [3.63, 3.8) is 0 Å². The predicted molar refractivity (Wildman–Crippen MR) is 266 cm³/mol. The van der Waals surface area contributed by atoms with E-state index in [9.17, 15) is 14.4 Å². The second-order valence-electron chi connectivity index (χ2n) is 19.9. The fourth-order valence-corrected chi connectivity index (χ4v) is 8.49. The van der Waals surface area contributed by atoms with E-state index >= 15 is 0 Å². The Kier molecular flexibility index (Phi) is 47.6. The van der Waals surface area contributed by atoms with Crippen molar-refractivity contribution in [3.05, 3.63) is 0 Å². The topological polar surface area (TPSA) is 78.9 Å². The van der Waals surface area contributed by atoms with Gasteiger partial charge in [0, 0.05) is 19.3 Å². The van der Waals surface area contributed by atoms with Gasteiger partial charge in [0.15, 0.2) is 6.10 Å². The number of unbranched alkanes of at least 4 members (excludes halogenated alkanes) is 34. The van der Waals surface area contributed by atoms with Crippen molar-refractivity contribution >= 4 is 17.9 Å². The van der Waals surface area contributed by atoms with Crippen LogP contribution in [0.2, 0.25) is 0 Å². The maximum atomic E-state index is 12.8. The van der Waals surface area contributed by atoms with Crippen LogP contribution in [0.1, 0.15) is 311 Å². The first kappa shape index (κ1) is 60.4. The lowest BCUT2D eigenvalue weighted by Crippen LogP contribution is -2.30. The van der Waals surface area contributed by atoms with E-state index in [1.807, 2.05) is 0 Å². The molecule has 0 saturated carbocycles. The largest absolute Gasteiger partial charge is 0.462 e. The minimum atomic E-state index is -0.762. The minimum absolute atomic E-state index is 0.0635. The van der Waals surface area contributed by atoms with E-state index < -0.39 is 6.10 Å². The summed E-state index contributed by atoms with van der Waals surface area (Å²) in [6.45, 7) is 11.4. The standard InChI is InChI=1S/C56H108O6/c1-6-8-9-10-11-12-13-14-15-16-17-18-19-28-33-38-43-48-56(59)62-53(49-60-54(57)46-41-36-31-26-22-20-24-29-34-39-44-51(3)4)50-61-55(58)47-42-37-32-27-23-21-25-30-35-40-45-52(5)7-2/h51-53H,6-50H2,1-5H3/t52?,53-/m1/s1. The normalized spacial score (nSPS) is 12.5. The highest BCUT2D eigenvalue weighted by Crippen LogP contribution is 2.18. The van der Waals surface area contributed by atoms with Crippen LogP contribution in [-0.2, 0) is 28.6 Å². The molecule has 0 aliphatic carbocycles. The van der Waals surface area contributed by atoms with Gasteiger partial charge in [-0.05, 0) is 31.1 Å². The predicted octanol–water partition coefficient (Wildman–Crippen LogP) is 18.1. The van der Waals surface area contributed by atoms with Gasteiger partial charge in [-0.3, -0.25) is 14.4 Å². The van der Waals surface area contributed by atoms with Crippen LogP contribution < -0.4 is 0 Å². The molecule has 0 bridgehead atoms. The Morgan fingerprint density at radius 2 is 0.613 bits per heavy atom. The van der Waals surface area contributed by atoms with Crippen LogP contribution >= 0.6 is 0 Å². The number of rotatable bonds is 50. The molecule has 0 rings (SSSR count). The molecule has 0 amide bonds. The molecule has 0 spiro atoms. The average molecular weight is 877 g/mol. The van der Waals surface area contributed by atoms with Gasteiger partial charge < -0.3 is 14.2 Å². The summed E-state index contributed by atoms with van der Waals surface area (Å²) in [6.07, 6.45) is 50.8. The molecular formula is C56H108O6. The number of hydrogen-bond donors (Lipinski definition) is 0. The van der Waals surface area contributed by atoms with E-state index in [0.717, 1.165) is 69.6 Å². The van der Waals surface area contributed by atoms with E-state index in [-0.39, 0.29) is 31.1 Å². The molecule has 0 aromatic rings. The van der Waals surface area contributed by atoms with Gasteiger partial charge in [0.05, 0.1) is 0 Å². The lowest BCUT2D eigenvalue weighted by Gasteiger charge is -2.18. The summed E-state index contributed by atoms with van der Waals surface area (Å²) in [6, 6.07) is 0. The zero-order chi connectivity index (χ0) is 45.4. The first-order valence-corrected chi connectivity index (χ1v) is 27.8. The first-order chi connectivity index (χ1) is 30.3. The van der Waals surface area contributed by atoms with Gasteiger partial charge in [-0.15, -0.1) is 0 Å². The summed E-state index contributed by atoms with van der Waals surface area (Å²) in [4.78, 5) is 38.1. The maximum absolute atomic E-state index is 12.8. The summed E-state index contributed by atoms with van der Waals surface area (Å²) in [5.41, 5.74) is 0. The summed E-state index contributed by atoms with van der Waals surface area (Å²) >= 11 is 0. The second kappa shape index (κ2) is 48.9. The number of esters is 3. The van der Waals surface area contributed by atoms with Crippen LogP contribution in [-0.4, -0.2) is 37.2 Å². The SMILES string of the molecule is CCCCCCCCCCCCCCCCCCCC(=O)O[C@H](COC(=O)CCCCCCCCCCCCC(C)C)COC(=O)CCCCCCCCCCCCC(C)CC. The molecule has 1 unspecified atom stereocenters. The van der Waals surface area contributed by atoms with Crippen LogP contribution in [0.3, 0.4) is 0 Å². The number of carbonyl (C=O) groups excluding carboxylic acids is 3. The Labute approximate surface area is 387 Å². The lowest BCUT2D eigenvalue weighted by molar-refractivity contribution is -0.167. The average Bonchev–Trinajstić information content (AvgIpc) is 3.26. The quantitative estimate of drug-likeness (QED) is 0.0344. The highest BCUT2D eigenvalue weighted by molar-refractivity contribution is 5.71. The minimum Gasteiger partial charge on any atom is -0.462 e. The molecule has 2 atom stereocenters. The van der Waals surface area contributed by atoms with Crippen LogP contribution in [0.15, 0.2) is 0 Å². The lowest BCUT2D eigenvalue weighted by atomic mass is 9.99. The van der Waals surface area contributed by atoms with E-state index in [2.05, 4.69) is 34.6 Å². The molecular weight excluding hydrogens is 769 g/mol. The van der Waals surface area contributed by atoms with Crippen molar-refractivity contribution in [1.29, 1.82) is 0 Å². The van der Waals surface area contributed by atoms with Crippen molar-refractivity contribution in [2.75, 3.05) is 13.2 Å². The Morgan fingerprint density at radius 1 is 0.339 bits per heavy atom. The third-order valence-electron chi connectivity index (χ3n) is 13.1. The Bertz CT molecular complexity index is 949. The zero-order valence-corrected chi connectivity index (χ0v) is 42.5. The van der Waals surface area contributed by atoms with E-state index in [4.69, 9.17) is 14.2 Å². The maximum Gasteiger partial charge on any atom is 0.306 e. The van der Waals surface area contributed by atoms with Crippen LogP contribution in [0.5, 0.6) is 0 Å². The molecule has 0 radical (unpaired) electrons. The molecule has 0 heterocycles. The third-order valence-corrected chi connectivity index (χ3v) is 13.1. The summed E-state index contributed by atoms with van der Waals surface area (Å²) < 4.78 is 16.9. The number of ether oxygens (including phenoxy) is 3. The van der Waals surface area contributed by atoms with Gasteiger partial charge in [-0.2, -0.15) is 0 Å². The van der Waals surface area contributed by atoms with E-state index in [0.29, 0.717) is 19.3 Å².